The van der Waals surface area contributed by atoms with E-state index in [0.29, 0.717) is 5.69 Å². The minimum absolute atomic E-state index is 0.0894. The average Bonchev–Trinajstić information content (AvgIpc) is 2.50. The number of benzene rings is 2. The quantitative estimate of drug-likeness (QED) is 0.681. The molecule has 2 aromatic rings. The summed E-state index contributed by atoms with van der Waals surface area (Å²) in [5.74, 6) is -0.393. The number of carbonyl (C=O) groups excluding carboxylic acids is 1. The minimum Gasteiger partial charge on any atom is -0.321 e. The van der Waals surface area contributed by atoms with E-state index in [1.54, 1.807) is 6.08 Å². The molecule has 2 aromatic carbocycles. The maximum atomic E-state index is 12.3. The lowest BCUT2D eigenvalue weighted by atomic mass is 10.0. The van der Waals surface area contributed by atoms with Gasteiger partial charge in [-0.25, -0.2) is 0 Å². The van der Waals surface area contributed by atoms with Gasteiger partial charge in [0.2, 0.25) is 0 Å². The zero-order valence-electron chi connectivity index (χ0n) is 13.0. The number of nitrogens with zero attached hydrogens (tertiary/aromatic N) is 1. The summed E-state index contributed by atoms with van der Waals surface area (Å²) >= 11 is 0. The predicted octanol–water partition coefficient (Wildman–Crippen LogP) is 4.16. The number of nitrogens with one attached hydrogen (secondary N) is 1. The molecule has 0 aromatic heterocycles. The number of amides is 1. The number of aryl methyl sites for hydroxylation is 3. The largest absolute Gasteiger partial charge is 0.321 e. The van der Waals surface area contributed by atoms with Crippen LogP contribution in [0.25, 0.3) is 6.08 Å². The van der Waals surface area contributed by atoms with Crippen molar-refractivity contribution in [3.63, 3.8) is 0 Å². The van der Waals surface area contributed by atoms with E-state index in [4.69, 9.17) is 0 Å². The van der Waals surface area contributed by atoms with Gasteiger partial charge >= 0.3 is 0 Å². The molecule has 0 saturated carbocycles. The summed E-state index contributed by atoms with van der Waals surface area (Å²) in [6, 6.07) is 15.3. The summed E-state index contributed by atoms with van der Waals surface area (Å²) in [4.78, 5) is 12.3. The summed E-state index contributed by atoms with van der Waals surface area (Å²) < 4.78 is 0. The van der Waals surface area contributed by atoms with Gasteiger partial charge in [0.1, 0.15) is 11.6 Å². The van der Waals surface area contributed by atoms with Crippen LogP contribution in [0.1, 0.15) is 22.3 Å². The highest BCUT2D eigenvalue weighted by molar-refractivity contribution is 6.09. The SMILES string of the molecule is Cc1ccc(/C=C(\C#N)C(=O)Nc2ccccc2C)cc1C. The topological polar surface area (TPSA) is 52.9 Å². The standard InChI is InChI=1S/C19H18N2O/c1-13-8-9-16(10-15(13)3)11-17(12-20)19(22)21-18-7-5-4-6-14(18)2/h4-11H,1-3H3,(H,21,22)/b17-11+. The maximum absolute atomic E-state index is 12.3. The molecule has 0 radical (unpaired) electrons. The molecule has 3 heteroatoms. The first kappa shape index (κ1) is 15.5. The van der Waals surface area contributed by atoms with E-state index in [1.807, 2.05) is 69.3 Å². The van der Waals surface area contributed by atoms with Crippen LogP contribution in [0.4, 0.5) is 5.69 Å². The molecule has 3 nitrogen and oxygen atoms in total. The Hall–Kier alpha value is -2.86. The second-order valence-corrected chi connectivity index (χ2v) is 5.28. The Labute approximate surface area is 130 Å². The van der Waals surface area contributed by atoms with Gasteiger partial charge in [-0.3, -0.25) is 4.79 Å². The monoisotopic (exact) mass is 290 g/mol. The van der Waals surface area contributed by atoms with E-state index in [2.05, 4.69) is 5.32 Å². The number of anilines is 1. The maximum Gasteiger partial charge on any atom is 0.266 e. The molecule has 2 rings (SSSR count). The van der Waals surface area contributed by atoms with E-state index in [-0.39, 0.29) is 5.57 Å². The van der Waals surface area contributed by atoms with Crippen LogP contribution in [0.5, 0.6) is 0 Å². The van der Waals surface area contributed by atoms with E-state index in [0.717, 1.165) is 16.7 Å². The highest BCUT2D eigenvalue weighted by atomic mass is 16.1. The third-order valence-electron chi connectivity index (χ3n) is 3.60. The Kier molecular flexibility index (Phi) is 4.75. The molecule has 0 unspecified atom stereocenters. The molecule has 22 heavy (non-hydrogen) atoms. The van der Waals surface area contributed by atoms with E-state index in [9.17, 15) is 10.1 Å². The van der Waals surface area contributed by atoms with Gasteiger partial charge in [-0.05, 0) is 55.2 Å². The Morgan fingerprint density at radius 2 is 1.77 bits per heavy atom. The predicted molar refractivity (Wildman–Crippen MR) is 89.3 cm³/mol. The van der Waals surface area contributed by atoms with Crippen LogP contribution in [0, 0.1) is 32.1 Å². The Balaban J connectivity index is 2.26. The number of para-hydroxylation sites is 1. The summed E-state index contributed by atoms with van der Waals surface area (Å²) in [6.07, 6.45) is 1.61. The molecular weight excluding hydrogens is 272 g/mol. The summed E-state index contributed by atoms with van der Waals surface area (Å²) in [5, 5.41) is 12.0. The van der Waals surface area contributed by atoms with Crippen molar-refractivity contribution < 1.29 is 4.79 Å². The number of hydrogen-bond donors (Lipinski definition) is 1. The van der Waals surface area contributed by atoms with Crippen LogP contribution < -0.4 is 5.32 Å². The highest BCUT2D eigenvalue weighted by Crippen LogP contribution is 2.16. The van der Waals surface area contributed by atoms with Gasteiger partial charge in [-0.1, -0.05) is 36.4 Å². The summed E-state index contributed by atoms with van der Waals surface area (Å²) in [6.45, 7) is 5.94. The fourth-order valence-electron chi connectivity index (χ4n) is 2.07. The first-order chi connectivity index (χ1) is 10.5. The van der Waals surface area contributed by atoms with Crippen molar-refractivity contribution in [1.82, 2.24) is 0 Å². The molecule has 0 aliphatic rings. The highest BCUT2D eigenvalue weighted by Gasteiger charge is 2.10. The van der Waals surface area contributed by atoms with Crippen LogP contribution in [0.15, 0.2) is 48.0 Å². The number of rotatable bonds is 3. The Bertz CT molecular complexity index is 782. The van der Waals surface area contributed by atoms with Crippen LogP contribution >= 0.6 is 0 Å². The van der Waals surface area contributed by atoms with Gasteiger partial charge < -0.3 is 5.32 Å². The fraction of sp³-hybridized carbons (Fsp3) is 0.158. The van der Waals surface area contributed by atoms with Gasteiger partial charge in [-0.2, -0.15) is 5.26 Å². The lowest BCUT2D eigenvalue weighted by molar-refractivity contribution is -0.112. The van der Waals surface area contributed by atoms with Gasteiger partial charge in [-0.15, -0.1) is 0 Å². The lowest BCUT2D eigenvalue weighted by Gasteiger charge is -2.07. The molecule has 0 heterocycles. The summed E-state index contributed by atoms with van der Waals surface area (Å²) in [5.41, 5.74) is 4.92. The molecule has 0 spiro atoms. The molecular formula is C19H18N2O. The average molecular weight is 290 g/mol. The molecule has 0 fully saturated rings. The number of hydrogen-bond acceptors (Lipinski definition) is 2. The third-order valence-corrected chi connectivity index (χ3v) is 3.60. The molecule has 1 N–H and O–H groups in total. The normalized spacial score (nSPS) is 10.9. The van der Waals surface area contributed by atoms with Gasteiger partial charge in [0.25, 0.3) is 5.91 Å². The minimum atomic E-state index is -0.393. The zero-order chi connectivity index (χ0) is 16.1. The molecule has 0 aliphatic carbocycles. The smallest absolute Gasteiger partial charge is 0.266 e. The van der Waals surface area contributed by atoms with Gasteiger partial charge in [0, 0.05) is 5.69 Å². The molecule has 0 saturated heterocycles. The first-order valence-corrected chi connectivity index (χ1v) is 7.07. The molecule has 0 aliphatic heterocycles. The molecule has 110 valence electrons. The Morgan fingerprint density at radius 3 is 2.41 bits per heavy atom. The third kappa shape index (κ3) is 3.62. The second kappa shape index (κ2) is 6.73. The lowest BCUT2D eigenvalue weighted by Crippen LogP contribution is -2.14. The van der Waals surface area contributed by atoms with Crippen LogP contribution in [0.2, 0.25) is 0 Å². The second-order valence-electron chi connectivity index (χ2n) is 5.28. The van der Waals surface area contributed by atoms with Gasteiger partial charge in [0.05, 0.1) is 0 Å². The van der Waals surface area contributed by atoms with Crippen molar-refractivity contribution in [2.24, 2.45) is 0 Å². The molecule has 1 amide bonds. The number of carbonyl (C=O) groups is 1. The van der Waals surface area contributed by atoms with Crippen LogP contribution in [-0.4, -0.2) is 5.91 Å². The van der Waals surface area contributed by atoms with Crippen molar-refractivity contribution >= 4 is 17.7 Å². The van der Waals surface area contributed by atoms with Crippen molar-refractivity contribution in [3.05, 3.63) is 70.3 Å². The fourth-order valence-corrected chi connectivity index (χ4v) is 2.07. The van der Waals surface area contributed by atoms with Crippen molar-refractivity contribution in [1.29, 1.82) is 5.26 Å². The first-order valence-electron chi connectivity index (χ1n) is 7.07. The number of nitriles is 1. The van der Waals surface area contributed by atoms with Crippen molar-refractivity contribution in [2.75, 3.05) is 5.32 Å². The van der Waals surface area contributed by atoms with E-state index < -0.39 is 5.91 Å². The van der Waals surface area contributed by atoms with Gasteiger partial charge in [0.15, 0.2) is 0 Å². The summed E-state index contributed by atoms with van der Waals surface area (Å²) in [7, 11) is 0. The van der Waals surface area contributed by atoms with E-state index in [1.165, 1.54) is 5.56 Å². The van der Waals surface area contributed by atoms with E-state index >= 15 is 0 Å². The Morgan fingerprint density at radius 1 is 1.05 bits per heavy atom. The zero-order valence-corrected chi connectivity index (χ0v) is 13.0. The van der Waals surface area contributed by atoms with Crippen LogP contribution in [0.3, 0.4) is 0 Å². The van der Waals surface area contributed by atoms with Crippen molar-refractivity contribution in [2.45, 2.75) is 20.8 Å². The molecule has 0 atom stereocenters. The molecule has 0 bridgehead atoms. The van der Waals surface area contributed by atoms with Crippen LogP contribution in [-0.2, 0) is 4.79 Å². The van der Waals surface area contributed by atoms with Crippen molar-refractivity contribution in [3.8, 4) is 6.07 Å².